The molecule has 4 aromatic rings. The van der Waals surface area contributed by atoms with Crippen LogP contribution in [0.4, 0.5) is 20.4 Å². The van der Waals surface area contributed by atoms with Gasteiger partial charge in [0.1, 0.15) is 29.1 Å². The lowest BCUT2D eigenvalue weighted by atomic mass is 9.93. The number of nitrogens with zero attached hydrogens (tertiary/aromatic N) is 4. The molecule has 0 spiro atoms. The van der Waals surface area contributed by atoms with E-state index >= 15 is 0 Å². The number of carbonyl (C=O) groups excluding carboxylic acids is 1. The van der Waals surface area contributed by atoms with Gasteiger partial charge in [0.25, 0.3) is 0 Å². The highest BCUT2D eigenvalue weighted by Crippen LogP contribution is 2.29. The number of carbonyl (C=O) groups is 1. The number of rotatable bonds is 6. The molecule has 8 heteroatoms. The zero-order valence-corrected chi connectivity index (χ0v) is 18.4. The maximum Gasteiger partial charge on any atom is 0.170 e. The first-order chi connectivity index (χ1) is 15.8. The van der Waals surface area contributed by atoms with Gasteiger partial charge in [-0.05, 0) is 67.8 Å². The molecule has 0 aliphatic carbocycles. The molecule has 6 nitrogen and oxygen atoms in total. The predicted octanol–water partition coefficient (Wildman–Crippen LogP) is 5.31. The first-order valence-corrected chi connectivity index (χ1v) is 10.3. The number of aryl methyl sites for hydroxylation is 2. The fraction of sp³-hybridized carbons (Fsp3) is 0.160. The lowest BCUT2D eigenvalue weighted by molar-refractivity contribution is 0.0988. The quantitative estimate of drug-likeness (QED) is 0.405. The number of pyridine rings is 2. The maximum absolute atomic E-state index is 14.1. The van der Waals surface area contributed by atoms with Crippen molar-refractivity contribution >= 4 is 17.4 Å². The van der Waals surface area contributed by atoms with Gasteiger partial charge in [-0.2, -0.15) is 0 Å². The first-order valence-electron chi connectivity index (χ1n) is 10.3. The molecular formula is C25H21F2N5O. The van der Waals surface area contributed by atoms with E-state index in [0.717, 1.165) is 22.8 Å². The van der Waals surface area contributed by atoms with E-state index in [2.05, 4.69) is 25.3 Å². The van der Waals surface area contributed by atoms with Crippen LogP contribution in [0, 0.1) is 32.4 Å². The lowest BCUT2D eigenvalue weighted by Gasteiger charge is -2.14. The molecular weight excluding hydrogens is 424 g/mol. The lowest BCUT2D eigenvalue weighted by Crippen LogP contribution is -2.10. The molecule has 0 atom stereocenters. The molecule has 166 valence electrons. The van der Waals surface area contributed by atoms with Gasteiger partial charge in [0, 0.05) is 42.3 Å². The van der Waals surface area contributed by atoms with Crippen molar-refractivity contribution in [1.82, 2.24) is 19.9 Å². The van der Waals surface area contributed by atoms with Crippen LogP contribution in [-0.2, 0) is 6.42 Å². The summed E-state index contributed by atoms with van der Waals surface area (Å²) in [5.41, 5.74) is 3.77. The summed E-state index contributed by atoms with van der Waals surface area (Å²) < 4.78 is 27.3. The number of hydrogen-bond donors (Lipinski definition) is 1. The molecule has 1 aromatic carbocycles. The van der Waals surface area contributed by atoms with E-state index in [1.54, 1.807) is 38.5 Å². The monoisotopic (exact) mass is 445 g/mol. The number of anilines is 2. The molecule has 0 unspecified atom stereocenters. The van der Waals surface area contributed by atoms with Crippen LogP contribution in [0.3, 0.4) is 0 Å². The van der Waals surface area contributed by atoms with Gasteiger partial charge in [0.15, 0.2) is 5.78 Å². The van der Waals surface area contributed by atoms with Gasteiger partial charge in [0.05, 0.1) is 5.56 Å². The van der Waals surface area contributed by atoms with E-state index in [0.29, 0.717) is 34.8 Å². The number of nitrogens with one attached hydrogen (secondary N) is 1. The Labute approximate surface area is 189 Å². The van der Waals surface area contributed by atoms with E-state index in [9.17, 15) is 13.6 Å². The summed E-state index contributed by atoms with van der Waals surface area (Å²) >= 11 is 0. The summed E-state index contributed by atoms with van der Waals surface area (Å²) in [6.45, 7) is 5.50. The van der Waals surface area contributed by atoms with Crippen molar-refractivity contribution < 1.29 is 13.6 Å². The average molecular weight is 445 g/mol. The molecule has 3 aromatic heterocycles. The molecule has 0 saturated heterocycles. The third kappa shape index (κ3) is 4.90. The summed E-state index contributed by atoms with van der Waals surface area (Å²) in [6, 6.07) is 8.42. The van der Waals surface area contributed by atoms with Crippen LogP contribution in [0.1, 0.15) is 33.0 Å². The number of Topliss-reactive ketones (excluding diaryl/α,β-unsaturated/α-hetero) is 1. The van der Waals surface area contributed by atoms with E-state index in [1.165, 1.54) is 6.07 Å². The van der Waals surface area contributed by atoms with E-state index in [1.807, 2.05) is 19.1 Å². The van der Waals surface area contributed by atoms with Crippen LogP contribution in [-0.4, -0.2) is 25.7 Å². The average Bonchev–Trinajstić information content (AvgIpc) is 2.77. The van der Waals surface area contributed by atoms with Crippen LogP contribution in [0.15, 0.2) is 55.0 Å². The third-order valence-electron chi connectivity index (χ3n) is 5.35. The highest BCUT2D eigenvalue weighted by molar-refractivity contribution is 5.98. The molecule has 33 heavy (non-hydrogen) atoms. The molecule has 4 rings (SSSR count). The zero-order valence-electron chi connectivity index (χ0n) is 18.4. The molecule has 0 aliphatic rings. The summed E-state index contributed by atoms with van der Waals surface area (Å²) in [6.07, 6.45) is 5.03. The second-order valence-electron chi connectivity index (χ2n) is 7.63. The van der Waals surface area contributed by atoms with Gasteiger partial charge >= 0.3 is 0 Å². The summed E-state index contributed by atoms with van der Waals surface area (Å²) in [7, 11) is 0. The largest absolute Gasteiger partial charge is 0.325 e. The van der Waals surface area contributed by atoms with Crippen molar-refractivity contribution in [3.8, 4) is 11.1 Å². The van der Waals surface area contributed by atoms with E-state index < -0.39 is 17.4 Å². The summed E-state index contributed by atoms with van der Waals surface area (Å²) in [4.78, 5) is 30.0. The van der Waals surface area contributed by atoms with Gasteiger partial charge in [0.2, 0.25) is 0 Å². The minimum Gasteiger partial charge on any atom is -0.325 e. The van der Waals surface area contributed by atoms with E-state index in [-0.39, 0.29) is 12.0 Å². The molecule has 1 N–H and O–H groups in total. The van der Waals surface area contributed by atoms with Crippen molar-refractivity contribution in [3.63, 3.8) is 0 Å². The Hall–Kier alpha value is -4.07. The van der Waals surface area contributed by atoms with Gasteiger partial charge < -0.3 is 5.32 Å². The van der Waals surface area contributed by atoms with Crippen LogP contribution in [0.25, 0.3) is 11.1 Å². The molecule has 0 radical (unpaired) electrons. The third-order valence-corrected chi connectivity index (χ3v) is 5.35. The van der Waals surface area contributed by atoms with Crippen LogP contribution < -0.4 is 5.32 Å². The normalized spacial score (nSPS) is 10.8. The molecule has 0 amide bonds. The Morgan fingerprint density at radius 3 is 2.48 bits per heavy atom. The van der Waals surface area contributed by atoms with Gasteiger partial charge in [-0.3, -0.25) is 9.78 Å². The second kappa shape index (κ2) is 9.20. The summed E-state index contributed by atoms with van der Waals surface area (Å²) in [5, 5.41) is 3.16. The molecule has 0 fully saturated rings. The minimum absolute atomic E-state index is 0.0442. The Kier molecular flexibility index (Phi) is 6.17. The Bertz CT molecular complexity index is 1360. The smallest absolute Gasteiger partial charge is 0.170 e. The molecule has 0 aliphatic heterocycles. The van der Waals surface area contributed by atoms with Crippen LogP contribution in [0.5, 0.6) is 0 Å². The molecule has 3 heterocycles. The standard InChI is InChI=1S/C25H21F2N5O/c1-14-20(12-23(33)19-5-4-18(26)11-22(19)27)15(2)30-13-21(14)17-6-8-29-25(10-17)32-24-7-9-28-16(3)31-24/h4-11,13H,12H2,1-3H3,(H,28,29,31,32). The van der Waals surface area contributed by atoms with Crippen LogP contribution in [0.2, 0.25) is 0 Å². The van der Waals surface area contributed by atoms with Crippen molar-refractivity contribution in [2.24, 2.45) is 0 Å². The van der Waals surface area contributed by atoms with Gasteiger partial charge in [-0.15, -0.1) is 0 Å². The van der Waals surface area contributed by atoms with Crippen molar-refractivity contribution in [2.75, 3.05) is 5.32 Å². The fourth-order valence-corrected chi connectivity index (χ4v) is 3.62. The highest BCUT2D eigenvalue weighted by Gasteiger charge is 2.18. The minimum atomic E-state index is -0.871. The van der Waals surface area contributed by atoms with Gasteiger partial charge in [-0.1, -0.05) is 0 Å². The Morgan fingerprint density at radius 2 is 1.73 bits per heavy atom. The fourth-order valence-electron chi connectivity index (χ4n) is 3.62. The maximum atomic E-state index is 14.1. The van der Waals surface area contributed by atoms with Crippen molar-refractivity contribution in [2.45, 2.75) is 27.2 Å². The molecule has 0 bridgehead atoms. The highest BCUT2D eigenvalue weighted by atomic mass is 19.1. The number of benzene rings is 1. The number of halogens is 2. The molecule has 0 saturated carbocycles. The van der Waals surface area contributed by atoms with Crippen molar-refractivity contribution in [1.29, 1.82) is 0 Å². The van der Waals surface area contributed by atoms with E-state index in [4.69, 9.17) is 0 Å². The first kappa shape index (κ1) is 22.1. The number of aromatic nitrogens is 4. The predicted molar refractivity (Wildman–Crippen MR) is 121 cm³/mol. The second-order valence-corrected chi connectivity index (χ2v) is 7.63. The number of hydrogen-bond acceptors (Lipinski definition) is 6. The Balaban J connectivity index is 1.65. The van der Waals surface area contributed by atoms with Crippen LogP contribution >= 0.6 is 0 Å². The SMILES string of the molecule is Cc1nccc(Nc2cc(-c3cnc(C)c(CC(=O)c4ccc(F)cc4F)c3C)ccn2)n1. The zero-order chi connectivity index (χ0) is 23.5. The van der Waals surface area contributed by atoms with Gasteiger partial charge in [-0.25, -0.2) is 23.7 Å². The van der Waals surface area contributed by atoms with Crippen molar-refractivity contribution in [3.05, 3.63) is 94.8 Å². The number of ketones is 1. The topological polar surface area (TPSA) is 80.7 Å². The Morgan fingerprint density at radius 1 is 0.939 bits per heavy atom. The summed E-state index contributed by atoms with van der Waals surface area (Å²) in [5.74, 6) is -0.172.